The van der Waals surface area contributed by atoms with Gasteiger partial charge in [-0.25, -0.2) is 0 Å². The Labute approximate surface area is 51.7 Å². The second-order valence-electron chi connectivity index (χ2n) is 1.92. The zero-order valence-corrected chi connectivity index (χ0v) is 5.52. The first-order chi connectivity index (χ1) is 3.41. The third kappa shape index (κ3) is 0.609. The molecule has 2 heteroatoms. The van der Waals surface area contributed by atoms with Crippen molar-refractivity contribution in [3.8, 4) is 0 Å². The van der Waals surface area contributed by atoms with E-state index in [4.69, 9.17) is 0 Å². The van der Waals surface area contributed by atoms with Gasteiger partial charge in [0.1, 0.15) is 0 Å². The highest BCUT2D eigenvalue weighted by molar-refractivity contribution is 8.24. The molecule has 0 radical (unpaired) electrons. The van der Waals surface area contributed by atoms with Crippen LogP contribution in [0.2, 0.25) is 0 Å². The maximum atomic E-state index is 2.21. The fourth-order valence-electron chi connectivity index (χ4n) is 0.669. The van der Waals surface area contributed by atoms with E-state index < -0.39 is 0 Å². The summed E-state index contributed by atoms with van der Waals surface area (Å²) in [5.41, 5.74) is 0. The van der Waals surface area contributed by atoms with Crippen molar-refractivity contribution in [2.75, 3.05) is 0 Å². The smallest absolute Gasteiger partial charge is 0.0695 e. The summed E-state index contributed by atoms with van der Waals surface area (Å²) in [6, 6.07) is 0. The third-order valence-corrected chi connectivity index (χ3v) is 4.25. The molecule has 7 heavy (non-hydrogen) atoms. The molecule has 1 fully saturated rings. The van der Waals surface area contributed by atoms with Crippen molar-refractivity contribution < 1.29 is 0 Å². The summed E-state index contributed by atoms with van der Waals surface area (Å²) < 4.78 is 0.667. The Hall–Kier alpha value is 0.440. The first-order valence-electron chi connectivity index (χ1n) is 2.42. The van der Waals surface area contributed by atoms with Gasteiger partial charge in [0, 0.05) is 0 Å². The summed E-state index contributed by atoms with van der Waals surface area (Å²) >= 11 is 3.99. The topological polar surface area (TPSA) is 0 Å². The Morgan fingerprint density at radius 2 is 1.71 bits per heavy atom. The molecule has 38 valence electrons. The molecular weight excluding hydrogens is 124 g/mol. The van der Waals surface area contributed by atoms with Crippen LogP contribution in [0.15, 0.2) is 10.8 Å². The van der Waals surface area contributed by atoms with Crippen LogP contribution >= 0.6 is 23.5 Å². The predicted molar refractivity (Wildman–Crippen MR) is 36.3 cm³/mol. The van der Waals surface area contributed by atoms with Crippen LogP contribution in [-0.2, 0) is 0 Å². The molecule has 1 aliphatic carbocycles. The van der Waals surface area contributed by atoms with Gasteiger partial charge in [-0.2, -0.15) is 0 Å². The largest absolute Gasteiger partial charge is 0.115 e. The second kappa shape index (κ2) is 1.23. The summed E-state index contributed by atoms with van der Waals surface area (Å²) in [4.78, 5) is 0. The zero-order valence-electron chi connectivity index (χ0n) is 3.89. The number of hydrogen-bond acceptors (Lipinski definition) is 2. The standard InChI is InChI=1S/C5H6S2/c1-2-5(1)6-3-4-7-5/h3-4H,1-2H2. The molecular formula is C5H6S2. The normalized spacial score (nSPS) is 32.0. The Balaban J connectivity index is 2.14. The lowest BCUT2D eigenvalue weighted by Crippen LogP contribution is -1.83. The van der Waals surface area contributed by atoms with E-state index in [9.17, 15) is 0 Å². The number of hydrogen-bond donors (Lipinski definition) is 0. The minimum absolute atomic E-state index is 0.667. The minimum atomic E-state index is 0.667. The van der Waals surface area contributed by atoms with Gasteiger partial charge in [-0.3, -0.25) is 0 Å². The van der Waals surface area contributed by atoms with Crippen LogP contribution in [-0.4, -0.2) is 4.08 Å². The van der Waals surface area contributed by atoms with E-state index in [1.54, 1.807) is 0 Å². The average Bonchev–Trinajstić information content (AvgIpc) is 2.15. The average molecular weight is 130 g/mol. The highest BCUT2D eigenvalue weighted by Gasteiger charge is 2.44. The van der Waals surface area contributed by atoms with Gasteiger partial charge in [0.25, 0.3) is 0 Å². The molecule has 0 aromatic rings. The van der Waals surface area contributed by atoms with Crippen LogP contribution in [0, 0.1) is 0 Å². The van der Waals surface area contributed by atoms with E-state index in [1.165, 1.54) is 12.8 Å². The first-order valence-corrected chi connectivity index (χ1v) is 4.18. The molecule has 0 aromatic heterocycles. The van der Waals surface area contributed by atoms with Crippen molar-refractivity contribution in [2.45, 2.75) is 16.9 Å². The molecule has 1 aliphatic heterocycles. The van der Waals surface area contributed by atoms with Crippen LogP contribution in [0.3, 0.4) is 0 Å². The molecule has 2 aliphatic rings. The lowest BCUT2D eigenvalue weighted by Gasteiger charge is -1.97. The molecule has 0 atom stereocenters. The Bertz CT molecular complexity index is 103. The van der Waals surface area contributed by atoms with Crippen LogP contribution in [0.25, 0.3) is 0 Å². The van der Waals surface area contributed by atoms with E-state index in [0.29, 0.717) is 4.08 Å². The molecule has 0 amide bonds. The summed E-state index contributed by atoms with van der Waals surface area (Å²) in [7, 11) is 0. The number of rotatable bonds is 0. The van der Waals surface area contributed by atoms with Gasteiger partial charge in [0.2, 0.25) is 0 Å². The monoisotopic (exact) mass is 130 g/mol. The van der Waals surface area contributed by atoms with E-state index >= 15 is 0 Å². The highest BCUT2D eigenvalue weighted by atomic mass is 32.2. The molecule has 0 saturated heterocycles. The van der Waals surface area contributed by atoms with Gasteiger partial charge in [-0.1, -0.05) is 0 Å². The molecule has 0 nitrogen and oxygen atoms in total. The third-order valence-electron chi connectivity index (χ3n) is 1.28. The van der Waals surface area contributed by atoms with E-state index in [2.05, 4.69) is 10.8 Å². The van der Waals surface area contributed by atoms with Gasteiger partial charge in [-0.15, -0.1) is 23.5 Å². The Morgan fingerprint density at radius 1 is 1.14 bits per heavy atom. The first kappa shape index (κ1) is 4.33. The summed E-state index contributed by atoms with van der Waals surface area (Å²) in [6.07, 6.45) is 2.85. The number of thioether (sulfide) groups is 2. The predicted octanol–water partition coefficient (Wildman–Crippen LogP) is 2.43. The van der Waals surface area contributed by atoms with E-state index in [0.717, 1.165) is 0 Å². The van der Waals surface area contributed by atoms with Crippen LogP contribution in [0.1, 0.15) is 12.8 Å². The fraction of sp³-hybridized carbons (Fsp3) is 0.600. The van der Waals surface area contributed by atoms with Gasteiger partial charge in [0.15, 0.2) is 0 Å². The lowest BCUT2D eigenvalue weighted by molar-refractivity contribution is 1.42. The fourth-order valence-corrected chi connectivity index (χ4v) is 2.84. The lowest BCUT2D eigenvalue weighted by atomic mass is 10.9. The Morgan fingerprint density at radius 3 is 2.00 bits per heavy atom. The van der Waals surface area contributed by atoms with E-state index in [-0.39, 0.29) is 0 Å². The van der Waals surface area contributed by atoms with Crippen molar-refractivity contribution in [1.29, 1.82) is 0 Å². The van der Waals surface area contributed by atoms with Crippen LogP contribution in [0.5, 0.6) is 0 Å². The van der Waals surface area contributed by atoms with Crippen molar-refractivity contribution in [1.82, 2.24) is 0 Å². The van der Waals surface area contributed by atoms with Gasteiger partial charge in [-0.05, 0) is 23.7 Å². The maximum absolute atomic E-state index is 2.21. The zero-order chi connectivity index (χ0) is 4.74. The summed E-state index contributed by atoms with van der Waals surface area (Å²) in [5.74, 6) is 0. The minimum Gasteiger partial charge on any atom is -0.115 e. The SMILES string of the molecule is C1=CSC2(CC2)S1. The summed E-state index contributed by atoms with van der Waals surface area (Å²) in [5, 5.41) is 4.41. The molecule has 0 N–H and O–H groups in total. The highest BCUT2D eigenvalue weighted by Crippen LogP contribution is 2.61. The van der Waals surface area contributed by atoms with Gasteiger partial charge < -0.3 is 0 Å². The molecule has 1 heterocycles. The van der Waals surface area contributed by atoms with Crippen molar-refractivity contribution in [2.24, 2.45) is 0 Å². The van der Waals surface area contributed by atoms with Crippen molar-refractivity contribution in [3.63, 3.8) is 0 Å². The maximum Gasteiger partial charge on any atom is 0.0695 e. The molecule has 1 saturated carbocycles. The van der Waals surface area contributed by atoms with Crippen molar-refractivity contribution >= 4 is 23.5 Å². The molecule has 0 bridgehead atoms. The Kier molecular flexibility index (Phi) is 0.762. The summed E-state index contributed by atoms with van der Waals surface area (Å²) in [6.45, 7) is 0. The van der Waals surface area contributed by atoms with E-state index in [1.807, 2.05) is 23.5 Å². The molecule has 0 unspecified atom stereocenters. The molecule has 1 spiro atoms. The van der Waals surface area contributed by atoms with Crippen LogP contribution < -0.4 is 0 Å². The molecule has 0 aromatic carbocycles. The molecule has 2 rings (SSSR count). The van der Waals surface area contributed by atoms with Gasteiger partial charge >= 0.3 is 0 Å². The van der Waals surface area contributed by atoms with Gasteiger partial charge in [0.05, 0.1) is 4.08 Å². The van der Waals surface area contributed by atoms with Crippen molar-refractivity contribution in [3.05, 3.63) is 10.8 Å². The van der Waals surface area contributed by atoms with Crippen LogP contribution in [0.4, 0.5) is 0 Å². The quantitative estimate of drug-likeness (QED) is 0.494. The second-order valence-corrected chi connectivity index (χ2v) is 4.76.